The zero-order valence-electron chi connectivity index (χ0n) is 9.35. The molecule has 0 aliphatic rings. The largest absolute Gasteiger partial charge is 0.344 e. The minimum atomic E-state index is -0.188. The minimum absolute atomic E-state index is 0.188. The van der Waals surface area contributed by atoms with Crippen LogP contribution in [0, 0.1) is 0 Å². The van der Waals surface area contributed by atoms with Gasteiger partial charge in [0.25, 0.3) is 5.91 Å². The summed E-state index contributed by atoms with van der Waals surface area (Å²) in [6.07, 6.45) is 3.41. The van der Waals surface area contributed by atoms with Crippen molar-refractivity contribution in [2.45, 2.75) is 13.5 Å². The zero-order valence-corrected chi connectivity index (χ0v) is 10.1. The summed E-state index contributed by atoms with van der Waals surface area (Å²) in [5.74, 6) is 0.262. The average molecular weight is 250 g/mol. The van der Waals surface area contributed by atoms with Crippen LogP contribution in [0.4, 0.5) is 5.82 Å². The van der Waals surface area contributed by atoms with Crippen LogP contribution < -0.4 is 5.32 Å². The number of hydrogen-bond acceptors (Lipinski definition) is 2. The number of halogens is 1. The summed E-state index contributed by atoms with van der Waals surface area (Å²) in [6.45, 7) is 2.73. The molecule has 0 aromatic carbocycles. The van der Waals surface area contributed by atoms with Crippen molar-refractivity contribution in [1.82, 2.24) is 9.55 Å². The molecule has 0 bridgehead atoms. The van der Waals surface area contributed by atoms with E-state index in [0.717, 1.165) is 6.54 Å². The second-order valence-corrected chi connectivity index (χ2v) is 3.93. The predicted octanol–water partition coefficient (Wildman–Crippen LogP) is 2.81. The van der Waals surface area contributed by atoms with E-state index in [4.69, 9.17) is 11.6 Å². The summed E-state index contributed by atoms with van der Waals surface area (Å²) >= 11 is 5.82. The van der Waals surface area contributed by atoms with Crippen molar-refractivity contribution >= 4 is 23.3 Å². The van der Waals surface area contributed by atoms with Gasteiger partial charge in [0.1, 0.15) is 11.5 Å². The third-order valence-corrected chi connectivity index (χ3v) is 2.60. The summed E-state index contributed by atoms with van der Waals surface area (Å²) in [4.78, 5) is 16.0. The van der Waals surface area contributed by atoms with Crippen LogP contribution in [-0.2, 0) is 6.54 Å². The molecule has 0 spiro atoms. The number of aromatic nitrogens is 2. The fourth-order valence-corrected chi connectivity index (χ4v) is 1.71. The fourth-order valence-electron chi connectivity index (χ4n) is 1.55. The summed E-state index contributed by atoms with van der Waals surface area (Å²) < 4.78 is 1.86. The highest BCUT2D eigenvalue weighted by Gasteiger charge is 2.10. The number of rotatable bonds is 3. The monoisotopic (exact) mass is 249 g/mol. The summed E-state index contributed by atoms with van der Waals surface area (Å²) in [6, 6.07) is 6.87. The molecule has 1 amide bonds. The number of pyridine rings is 1. The van der Waals surface area contributed by atoms with Crippen LogP contribution in [0.5, 0.6) is 0 Å². The van der Waals surface area contributed by atoms with Gasteiger partial charge in [-0.2, -0.15) is 0 Å². The first-order valence-electron chi connectivity index (χ1n) is 5.28. The maximum atomic E-state index is 12.0. The molecule has 0 saturated carbocycles. The molecule has 0 unspecified atom stereocenters. The van der Waals surface area contributed by atoms with Gasteiger partial charge in [0.15, 0.2) is 0 Å². The van der Waals surface area contributed by atoms with Crippen molar-refractivity contribution in [2.75, 3.05) is 5.32 Å². The first-order valence-corrected chi connectivity index (χ1v) is 5.66. The van der Waals surface area contributed by atoms with E-state index in [-0.39, 0.29) is 5.91 Å². The normalized spacial score (nSPS) is 10.2. The molecule has 2 aromatic rings. The third-order valence-electron chi connectivity index (χ3n) is 2.37. The number of hydrogen-bond donors (Lipinski definition) is 1. The molecule has 2 aromatic heterocycles. The molecule has 2 rings (SSSR count). The first-order chi connectivity index (χ1) is 8.20. The van der Waals surface area contributed by atoms with Crippen LogP contribution in [0.1, 0.15) is 17.4 Å². The Morgan fingerprint density at radius 3 is 3.06 bits per heavy atom. The molecule has 2 heterocycles. The maximum Gasteiger partial charge on any atom is 0.273 e. The van der Waals surface area contributed by atoms with Crippen LogP contribution in [0.3, 0.4) is 0 Å². The van der Waals surface area contributed by atoms with E-state index in [1.807, 2.05) is 23.8 Å². The van der Waals surface area contributed by atoms with Gasteiger partial charge in [-0.15, -0.1) is 0 Å². The zero-order chi connectivity index (χ0) is 12.3. The van der Waals surface area contributed by atoms with Crippen LogP contribution in [-0.4, -0.2) is 15.5 Å². The van der Waals surface area contributed by atoms with E-state index in [0.29, 0.717) is 16.5 Å². The van der Waals surface area contributed by atoms with Crippen molar-refractivity contribution in [3.8, 4) is 0 Å². The lowest BCUT2D eigenvalue weighted by Crippen LogP contribution is -2.17. The van der Waals surface area contributed by atoms with Gasteiger partial charge in [-0.3, -0.25) is 4.79 Å². The Morgan fingerprint density at radius 2 is 2.35 bits per heavy atom. The van der Waals surface area contributed by atoms with Gasteiger partial charge in [-0.25, -0.2) is 4.98 Å². The Labute approximate surface area is 104 Å². The molecule has 0 atom stereocenters. The smallest absolute Gasteiger partial charge is 0.273 e. The Morgan fingerprint density at radius 1 is 1.53 bits per heavy atom. The number of nitrogens with one attached hydrogen (secondary N) is 1. The van der Waals surface area contributed by atoms with Crippen molar-refractivity contribution in [3.05, 3.63) is 47.4 Å². The summed E-state index contributed by atoms with van der Waals surface area (Å²) in [5.41, 5.74) is 0.606. The lowest BCUT2D eigenvalue weighted by atomic mass is 10.4. The molecule has 0 radical (unpaired) electrons. The van der Waals surface area contributed by atoms with Gasteiger partial charge in [-0.1, -0.05) is 11.6 Å². The van der Waals surface area contributed by atoms with Gasteiger partial charge >= 0.3 is 0 Å². The minimum Gasteiger partial charge on any atom is -0.344 e. The molecule has 88 valence electrons. The van der Waals surface area contributed by atoms with Gasteiger partial charge < -0.3 is 9.88 Å². The van der Waals surface area contributed by atoms with Crippen LogP contribution in [0.15, 0.2) is 36.7 Å². The van der Waals surface area contributed by atoms with Crippen molar-refractivity contribution in [1.29, 1.82) is 0 Å². The highest BCUT2D eigenvalue weighted by Crippen LogP contribution is 2.13. The average Bonchev–Trinajstić information content (AvgIpc) is 2.77. The predicted molar refractivity (Wildman–Crippen MR) is 67.3 cm³/mol. The van der Waals surface area contributed by atoms with Gasteiger partial charge in [0.05, 0.1) is 0 Å². The van der Waals surface area contributed by atoms with E-state index in [1.54, 1.807) is 24.4 Å². The van der Waals surface area contributed by atoms with E-state index in [9.17, 15) is 4.79 Å². The first kappa shape index (κ1) is 11.7. The number of anilines is 1. The topological polar surface area (TPSA) is 46.9 Å². The van der Waals surface area contributed by atoms with Crippen molar-refractivity contribution in [2.24, 2.45) is 0 Å². The Hall–Kier alpha value is -1.81. The Balaban J connectivity index is 2.17. The second kappa shape index (κ2) is 5.01. The fraction of sp³-hybridized carbons (Fsp3) is 0.167. The number of carbonyl (C=O) groups excluding carboxylic acids is 1. The highest BCUT2D eigenvalue weighted by atomic mass is 35.5. The van der Waals surface area contributed by atoms with Crippen molar-refractivity contribution < 1.29 is 4.79 Å². The van der Waals surface area contributed by atoms with E-state index in [1.165, 1.54) is 0 Å². The Bertz CT molecular complexity index is 536. The lowest BCUT2D eigenvalue weighted by Gasteiger charge is -2.07. The van der Waals surface area contributed by atoms with Crippen molar-refractivity contribution in [3.63, 3.8) is 0 Å². The number of aryl methyl sites for hydroxylation is 1. The number of carbonyl (C=O) groups is 1. The number of amides is 1. The third kappa shape index (κ3) is 2.65. The van der Waals surface area contributed by atoms with Crippen LogP contribution in [0.25, 0.3) is 0 Å². The maximum absolute atomic E-state index is 12.0. The number of nitrogens with zero attached hydrogens (tertiary/aromatic N) is 2. The lowest BCUT2D eigenvalue weighted by molar-refractivity contribution is 0.101. The van der Waals surface area contributed by atoms with Crippen LogP contribution >= 0.6 is 11.6 Å². The highest BCUT2D eigenvalue weighted by molar-refractivity contribution is 6.30. The molecule has 4 nitrogen and oxygen atoms in total. The van der Waals surface area contributed by atoms with Gasteiger partial charge in [-0.05, 0) is 31.2 Å². The standard InChI is InChI=1S/C12H12ClN3O/c1-2-16-7-3-4-10(16)12(17)15-11-8-9(13)5-6-14-11/h3-8H,2H2,1H3,(H,14,15,17). The molecular weight excluding hydrogens is 238 g/mol. The quantitative estimate of drug-likeness (QED) is 0.909. The van der Waals surface area contributed by atoms with Gasteiger partial charge in [0, 0.05) is 24.0 Å². The van der Waals surface area contributed by atoms with Gasteiger partial charge in [0.2, 0.25) is 0 Å². The molecule has 0 fully saturated rings. The van der Waals surface area contributed by atoms with E-state index < -0.39 is 0 Å². The second-order valence-electron chi connectivity index (χ2n) is 3.49. The summed E-state index contributed by atoms with van der Waals surface area (Å²) in [5, 5.41) is 3.25. The molecule has 0 aliphatic carbocycles. The van der Waals surface area contributed by atoms with E-state index >= 15 is 0 Å². The Kier molecular flexibility index (Phi) is 3.44. The SMILES string of the molecule is CCn1cccc1C(=O)Nc1cc(Cl)ccn1. The molecule has 17 heavy (non-hydrogen) atoms. The van der Waals surface area contributed by atoms with Crippen LogP contribution in [0.2, 0.25) is 5.02 Å². The molecule has 0 saturated heterocycles. The molecule has 0 aliphatic heterocycles. The molecular formula is C12H12ClN3O. The molecule has 5 heteroatoms. The molecule has 1 N–H and O–H groups in total. The summed E-state index contributed by atoms with van der Waals surface area (Å²) in [7, 11) is 0. The van der Waals surface area contributed by atoms with E-state index in [2.05, 4.69) is 10.3 Å².